The van der Waals surface area contributed by atoms with Gasteiger partial charge in [0.1, 0.15) is 5.75 Å². The Morgan fingerprint density at radius 1 is 1.45 bits per heavy atom. The average Bonchev–Trinajstić information content (AvgIpc) is 2.88. The molecule has 0 aliphatic rings. The summed E-state index contributed by atoms with van der Waals surface area (Å²) in [6.45, 7) is 4.52. The predicted molar refractivity (Wildman–Crippen MR) is 76.3 cm³/mol. The van der Waals surface area contributed by atoms with Crippen molar-refractivity contribution in [2.45, 2.75) is 26.3 Å². The van der Waals surface area contributed by atoms with Crippen molar-refractivity contribution in [3.8, 4) is 5.75 Å². The maximum atomic E-state index is 11.5. The fourth-order valence-corrected chi connectivity index (χ4v) is 1.99. The van der Waals surface area contributed by atoms with Crippen LogP contribution in [0.3, 0.4) is 0 Å². The first-order chi connectivity index (χ1) is 9.63. The molecule has 0 aliphatic carbocycles. The van der Waals surface area contributed by atoms with Crippen LogP contribution in [0.15, 0.2) is 24.4 Å². The van der Waals surface area contributed by atoms with Crippen LogP contribution in [0, 0.1) is 0 Å². The predicted octanol–water partition coefficient (Wildman–Crippen LogP) is 2.67. The van der Waals surface area contributed by atoms with E-state index in [-0.39, 0.29) is 5.78 Å². The summed E-state index contributed by atoms with van der Waals surface area (Å²) >= 11 is 5.71. The van der Waals surface area contributed by atoms with Gasteiger partial charge in [0, 0.05) is 11.1 Å². The van der Waals surface area contributed by atoms with Crippen LogP contribution >= 0.6 is 11.6 Å². The molecule has 0 amide bonds. The second kappa shape index (κ2) is 6.52. The van der Waals surface area contributed by atoms with Gasteiger partial charge in [0.05, 0.1) is 30.9 Å². The van der Waals surface area contributed by atoms with Gasteiger partial charge in [-0.1, -0.05) is 5.21 Å². The Hall–Kier alpha value is -1.88. The molecule has 1 aromatic heterocycles. The van der Waals surface area contributed by atoms with Crippen molar-refractivity contribution in [2.75, 3.05) is 6.61 Å². The minimum atomic E-state index is 0.0225. The van der Waals surface area contributed by atoms with E-state index in [4.69, 9.17) is 16.3 Å². The summed E-state index contributed by atoms with van der Waals surface area (Å²) in [6, 6.07) is 5.41. The average molecular weight is 294 g/mol. The first kappa shape index (κ1) is 14.5. The van der Waals surface area contributed by atoms with Crippen molar-refractivity contribution in [3.63, 3.8) is 0 Å². The van der Waals surface area contributed by atoms with E-state index in [0.29, 0.717) is 30.3 Å². The second-order valence-corrected chi connectivity index (χ2v) is 4.62. The highest BCUT2D eigenvalue weighted by molar-refractivity contribution is 6.16. The number of Topliss-reactive ketones (excluding diaryl/α,β-unsaturated/α-hetero) is 1. The van der Waals surface area contributed by atoms with Crippen LogP contribution in [0.1, 0.15) is 35.5 Å². The Labute approximate surface area is 122 Å². The summed E-state index contributed by atoms with van der Waals surface area (Å²) in [5.74, 6) is 1.10. The number of hydrogen-bond donors (Lipinski definition) is 0. The molecule has 0 aliphatic heterocycles. The Bertz CT molecular complexity index is 610. The molecule has 1 heterocycles. The van der Waals surface area contributed by atoms with Crippen LogP contribution in [0.5, 0.6) is 5.75 Å². The number of carbonyl (C=O) groups is 1. The Morgan fingerprint density at radius 2 is 2.25 bits per heavy atom. The van der Waals surface area contributed by atoms with Crippen molar-refractivity contribution >= 4 is 17.4 Å². The lowest BCUT2D eigenvalue weighted by molar-refractivity contribution is 0.101. The van der Waals surface area contributed by atoms with E-state index in [1.165, 1.54) is 0 Å². The van der Waals surface area contributed by atoms with Crippen LogP contribution < -0.4 is 4.74 Å². The third-order valence-corrected chi connectivity index (χ3v) is 3.10. The molecule has 2 aromatic rings. The number of carbonyl (C=O) groups excluding carboxylic acids is 1. The number of hydrogen-bond acceptors (Lipinski definition) is 4. The smallest absolute Gasteiger partial charge is 0.159 e. The molecule has 0 spiro atoms. The van der Waals surface area contributed by atoms with Gasteiger partial charge in [-0.15, -0.1) is 16.7 Å². The molecule has 0 unspecified atom stereocenters. The summed E-state index contributed by atoms with van der Waals surface area (Å²) < 4.78 is 7.26. The van der Waals surface area contributed by atoms with Gasteiger partial charge >= 0.3 is 0 Å². The van der Waals surface area contributed by atoms with E-state index >= 15 is 0 Å². The summed E-state index contributed by atoms with van der Waals surface area (Å²) in [5.41, 5.74) is 2.26. The molecule has 106 valence electrons. The fraction of sp³-hybridized carbons (Fsp3) is 0.357. The van der Waals surface area contributed by atoms with E-state index in [9.17, 15) is 4.79 Å². The van der Waals surface area contributed by atoms with Crippen LogP contribution in [-0.4, -0.2) is 27.4 Å². The van der Waals surface area contributed by atoms with E-state index in [2.05, 4.69) is 10.3 Å². The van der Waals surface area contributed by atoms with E-state index in [0.717, 1.165) is 11.3 Å². The molecule has 0 saturated heterocycles. The van der Waals surface area contributed by atoms with Gasteiger partial charge in [-0.2, -0.15) is 0 Å². The van der Waals surface area contributed by atoms with Crippen molar-refractivity contribution in [1.82, 2.24) is 15.0 Å². The Kier molecular flexibility index (Phi) is 4.74. The first-order valence-corrected chi connectivity index (χ1v) is 6.89. The van der Waals surface area contributed by atoms with Gasteiger partial charge in [0.15, 0.2) is 5.78 Å². The molecule has 5 nitrogen and oxygen atoms in total. The lowest BCUT2D eigenvalue weighted by Gasteiger charge is -2.11. The lowest BCUT2D eigenvalue weighted by atomic mass is 10.1. The summed E-state index contributed by atoms with van der Waals surface area (Å²) in [4.78, 5) is 11.5. The van der Waals surface area contributed by atoms with Gasteiger partial charge < -0.3 is 4.74 Å². The number of benzene rings is 1. The number of ketones is 1. The van der Waals surface area contributed by atoms with Crippen LogP contribution in [0.25, 0.3) is 0 Å². The number of halogens is 1. The standard InChI is InChI=1S/C14H16ClN3O2/c1-3-20-14-5-4-11(10(2)19)6-12(14)8-18-9-13(7-15)16-17-18/h4-6,9H,3,7-8H2,1-2H3. The molecule has 2 rings (SSSR count). The van der Waals surface area contributed by atoms with Crippen LogP contribution in [0.2, 0.25) is 0 Å². The van der Waals surface area contributed by atoms with Crippen LogP contribution in [0.4, 0.5) is 0 Å². The Balaban J connectivity index is 2.31. The third-order valence-electron chi connectivity index (χ3n) is 2.82. The maximum Gasteiger partial charge on any atom is 0.159 e. The van der Waals surface area contributed by atoms with Gasteiger partial charge in [-0.05, 0) is 32.0 Å². The largest absolute Gasteiger partial charge is 0.494 e. The minimum Gasteiger partial charge on any atom is -0.494 e. The minimum absolute atomic E-state index is 0.0225. The monoisotopic (exact) mass is 293 g/mol. The first-order valence-electron chi connectivity index (χ1n) is 6.35. The molecule has 0 saturated carbocycles. The topological polar surface area (TPSA) is 57.0 Å². The zero-order chi connectivity index (χ0) is 14.5. The second-order valence-electron chi connectivity index (χ2n) is 4.35. The fourth-order valence-electron chi connectivity index (χ4n) is 1.87. The number of rotatable bonds is 6. The van der Waals surface area contributed by atoms with E-state index in [1.54, 1.807) is 23.9 Å². The molecule has 0 N–H and O–H groups in total. The Morgan fingerprint density at radius 3 is 2.85 bits per heavy atom. The van der Waals surface area contributed by atoms with Crippen molar-refractivity contribution in [2.24, 2.45) is 0 Å². The quantitative estimate of drug-likeness (QED) is 0.607. The summed E-state index contributed by atoms with van der Waals surface area (Å²) in [5, 5.41) is 7.94. The van der Waals surface area contributed by atoms with Gasteiger partial charge in [0.25, 0.3) is 0 Å². The third kappa shape index (κ3) is 3.36. The van der Waals surface area contributed by atoms with Crippen molar-refractivity contribution in [1.29, 1.82) is 0 Å². The van der Waals surface area contributed by atoms with Crippen molar-refractivity contribution < 1.29 is 9.53 Å². The SMILES string of the molecule is CCOc1ccc(C(C)=O)cc1Cn1cc(CCl)nn1. The van der Waals surface area contributed by atoms with E-state index < -0.39 is 0 Å². The van der Waals surface area contributed by atoms with Crippen molar-refractivity contribution in [3.05, 3.63) is 41.2 Å². The molecule has 6 heteroatoms. The highest BCUT2D eigenvalue weighted by Crippen LogP contribution is 2.21. The molecule has 0 bridgehead atoms. The van der Waals surface area contributed by atoms with Gasteiger partial charge in [-0.3, -0.25) is 4.79 Å². The molecule has 0 fully saturated rings. The molecule has 20 heavy (non-hydrogen) atoms. The zero-order valence-corrected chi connectivity index (χ0v) is 12.2. The van der Waals surface area contributed by atoms with Gasteiger partial charge in [0.2, 0.25) is 0 Å². The highest BCUT2D eigenvalue weighted by atomic mass is 35.5. The molecule has 1 aromatic carbocycles. The number of alkyl halides is 1. The normalized spacial score (nSPS) is 10.6. The van der Waals surface area contributed by atoms with Crippen LogP contribution in [-0.2, 0) is 12.4 Å². The molecule has 0 radical (unpaired) electrons. The number of aromatic nitrogens is 3. The summed E-state index contributed by atoms with van der Waals surface area (Å²) in [7, 11) is 0. The molecular weight excluding hydrogens is 278 g/mol. The molecular formula is C14H16ClN3O2. The number of ether oxygens (including phenoxy) is 1. The number of nitrogens with zero attached hydrogens (tertiary/aromatic N) is 3. The zero-order valence-electron chi connectivity index (χ0n) is 11.5. The highest BCUT2D eigenvalue weighted by Gasteiger charge is 2.09. The summed E-state index contributed by atoms with van der Waals surface area (Å²) in [6.07, 6.45) is 1.78. The molecule has 0 atom stereocenters. The maximum absolute atomic E-state index is 11.5. The van der Waals surface area contributed by atoms with Gasteiger partial charge in [-0.25, -0.2) is 4.68 Å². The van der Waals surface area contributed by atoms with E-state index in [1.807, 2.05) is 19.1 Å². The lowest BCUT2D eigenvalue weighted by Crippen LogP contribution is -2.06.